The van der Waals surface area contributed by atoms with Crippen molar-refractivity contribution in [3.63, 3.8) is 0 Å². The van der Waals surface area contributed by atoms with E-state index in [1.807, 2.05) is 12.1 Å². The summed E-state index contributed by atoms with van der Waals surface area (Å²) in [6.45, 7) is 0. The molecule has 0 bridgehead atoms. The topological polar surface area (TPSA) is 22.1 Å². The fraction of sp³-hybridized carbons (Fsp3) is 0.214. The number of nitrogens with zero attached hydrogens (tertiary/aromatic N) is 1. The smallest absolute Gasteiger partial charge is 0.121 e. The number of hydrogen-bond donors (Lipinski definition) is 0. The fourth-order valence-corrected chi connectivity index (χ4v) is 2.12. The predicted molar refractivity (Wildman–Crippen MR) is 64.8 cm³/mol. The van der Waals surface area contributed by atoms with Crippen LogP contribution < -0.4 is 4.74 Å². The summed E-state index contributed by atoms with van der Waals surface area (Å²) < 4.78 is 5.21. The van der Waals surface area contributed by atoms with E-state index < -0.39 is 0 Å². The molecule has 1 aliphatic rings. The standard InChI is InChI=1S/C14H13NO/c1-16-12-7-6-11-8-10-4-2-3-5-13(10)15-14(11)9-12/h2-3,6-9H,4-5H2,1H3. The Morgan fingerprint density at radius 3 is 2.88 bits per heavy atom. The van der Waals surface area contributed by atoms with Gasteiger partial charge in [-0.05, 0) is 30.2 Å². The SMILES string of the molecule is COc1ccc2cc3c(nc2c1)CC=CC3. The van der Waals surface area contributed by atoms with Crippen LogP contribution in [0.5, 0.6) is 5.75 Å². The Balaban J connectivity index is 2.21. The van der Waals surface area contributed by atoms with Crippen molar-refractivity contribution in [1.82, 2.24) is 4.98 Å². The highest BCUT2D eigenvalue weighted by molar-refractivity contribution is 5.81. The van der Waals surface area contributed by atoms with Gasteiger partial charge in [-0.3, -0.25) is 4.98 Å². The minimum atomic E-state index is 0.867. The Morgan fingerprint density at radius 2 is 2.00 bits per heavy atom. The molecule has 1 heterocycles. The second kappa shape index (κ2) is 3.63. The van der Waals surface area contributed by atoms with Crippen LogP contribution in [0.1, 0.15) is 11.3 Å². The predicted octanol–water partition coefficient (Wildman–Crippen LogP) is 2.90. The van der Waals surface area contributed by atoms with E-state index in [0.717, 1.165) is 24.1 Å². The van der Waals surface area contributed by atoms with Crippen LogP contribution in [0, 0.1) is 0 Å². The minimum Gasteiger partial charge on any atom is -0.497 e. The van der Waals surface area contributed by atoms with Crippen LogP contribution >= 0.6 is 0 Å². The van der Waals surface area contributed by atoms with Crippen molar-refractivity contribution in [1.29, 1.82) is 0 Å². The lowest BCUT2D eigenvalue weighted by molar-refractivity contribution is 0.415. The summed E-state index contributed by atoms with van der Waals surface area (Å²) in [5.41, 5.74) is 3.57. The molecule has 0 saturated heterocycles. The van der Waals surface area contributed by atoms with Gasteiger partial charge in [0.2, 0.25) is 0 Å². The molecule has 0 atom stereocenters. The van der Waals surface area contributed by atoms with Gasteiger partial charge < -0.3 is 4.74 Å². The normalized spacial score (nSPS) is 13.8. The van der Waals surface area contributed by atoms with Crippen molar-refractivity contribution in [2.24, 2.45) is 0 Å². The van der Waals surface area contributed by atoms with Gasteiger partial charge in [0.15, 0.2) is 0 Å². The fourth-order valence-electron chi connectivity index (χ4n) is 2.12. The number of aromatic nitrogens is 1. The largest absolute Gasteiger partial charge is 0.497 e. The van der Waals surface area contributed by atoms with E-state index in [0.29, 0.717) is 0 Å². The Morgan fingerprint density at radius 1 is 1.12 bits per heavy atom. The second-order valence-electron chi connectivity index (χ2n) is 4.03. The first-order valence-corrected chi connectivity index (χ1v) is 5.48. The van der Waals surface area contributed by atoms with Crippen LogP contribution in [0.2, 0.25) is 0 Å². The van der Waals surface area contributed by atoms with E-state index in [2.05, 4.69) is 24.3 Å². The number of ether oxygens (including phenoxy) is 1. The number of hydrogen-bond acceptors (Lipinski definition) is 2. The molecule has 0 spiro atoms. The van der Waals surface area contributed by atoms with Crippen molar-refractivity contribution in [2.45, 2.75) is 12.8 Å². The van der Waals surface area contributed by atoms with Crippen LogP contribution in [0.15, 0.2) is 36.4 Å². The van der Waals surface area contributed by atoms with E-state index in [1.165, 1.54) is 16.6 Å². The molecule has 0 saturated carbocycles. The highest BCUT2D eigenvalue weighted by atomic mass is 16.5. The van der Waals surface area contributed by atoms with Gasteiger partial charge in [0, 0.05) is 23.6 Å². The molecule has 80 valence electrons. The summed E-state index contributed by atoms with van der Waals surface area (Å²) in [7, 11) is 1.68. The molecular weight excluding hydrogens is 198 g/mol. The quantitative estimate of drug-likeness (QED) is 0.677. The molecule has 0 N–H and O–H groups in total. The Bertz CT molecular complexity index is 572. The molecule has 0 aliphatic heterocycles. The van der Waals surface area contributed by atoms with Crippen molar-refractivity contribution in [3.8, 4) is 5.75 Å². The highest BCUT2D eigenvalue weighted by Crippen LogP contribution is 2.24. The van der Waals surface area contributed by atoms with E-state index in [-0.39, 0.29) is 0 Å². The van der Waals surface area contributed by atoms with Crippen LogP contribution in [0.25, 0.3) is 10.9 Å². The summed E-state index contributed by atoms with van der Waals surface area (Å²) in [5, 5.41) is 1.19. The molecule has 2 heteroatoms. The Labute approximate surface area is 94.6 Å². The van der Waals surface area contributed by atoms with Crippen LogP contribution in [0.3, 0.4) is 0 Å². The lowest BCUT2D eigenvalue weighted by Crippen LogP contribution is -2.01. The van der Waals surface area contributed by atoms with Crippen molar-refractivity contribution < 1.29 is 4.74 Å². The summed E-state index contributed by atoms with van der Waals surface area (Å²) in [5.74, 6) is 0.867. The summed E-state index contributed by atoms with van der Waals surface area (Å²) >= 11 is 0. The minimum absolute atomic E-state index is 0.867. The second-order valence-corrected chi connectivity index (χ2v) is 4.03. The zero-order chi connectivity index (χ0) is 11.0. The summed E-state index contributed by atoms with van der Waals surface area (Å²) in [6.07, 6.45) is 6.34. The van der Waals surface area contributed by atoms with Crippen molar-refractivity contribution in [3.05, 3.63) is 47.7 Å². The zero-order valence-corrected chi connectivity index (χ0v) is 9.23. The number of methoxy groups -OCH3 is 1. The molecule has 3 rings (SSSR count). The van der Waals surface area contributed by atoms with Crippen LogP contribution in [0.4, 0.5) is 0 Å². The molecule has 2 aromatic rings. The first-order chi connectivity index (χ1) is 7.86. The monoisotopic (exact) mass is 211 g/mol. The molecule has 1 aliphatic carbocycles. The number of benzene rings is 1. The van der Waals surface area contributed by atoms with Gasteiger partial charge in [0.1, 0.15) is 5.75 Å². The lowest BCUT2D eigenvalue weighted by atomic mass is 10.00. The Kier molecular flexibility index (Phi) is 2.13. The molecule has 16 heavy (non-hydrogen) atoms. The summed E-state index contributed by atoms with van der Waals surface area (Å²) in [6, 6.07) is 8.28. The number of allylic oxidation sites excluding steroid dienone is 2. The molecule has 0 fully saturated rings. The number of fused-ring (bicyclic) bond motifs is 2. The molecule has 2 nitrogen and oxygen atoms in total. The molecule has 0 amide bonds. The molecule has 1 aromatic carbocycles. The molecular formula is C14H13NO. The zero-order valence-electron chi connectivity index (χ0n) is 9.23. The van der Waals surface area contributed by atoms with Crippen molar-refractivity contribution >= 4 is 10.9 Å². The van der Waals surface area contributed by atoms with Gasteiger partial charge >= 0.3 is 0 Å². The van der Waals surface area contributed by atoms with Crippen molar-refractivity contribution in [2.75, 3.05) is 7.11 Å². The maximum atomic E-state index is 5.21. The highest BCUT2D eigenvalue weighted by Gasteiger charge is 2.08. The van der Waals surface area contributed by atoms with Gasteiger partial charge in [-0.15, -0.1) is 0 Å². The third-order valence-electron chi connectivity index (χ3n) is 3.01. The van der Waals surface area contributed by atoms with Gasteiger partial charge in [0.05, 0.1) is 12.6 Å². The molecule has 0 unspecified atom stereocenters. The third-order valence-corrected chi connectivity index (χ3v) is 3.01. The first kappa shape index (κ1) is 9.40. The number of rotatable bonds is 1. The maximum Gasteiger partial charge on any atom is 0.121 e. The average molecular weight is 211 g/mol. The van der Waals surface area contributed by atoms with Crippen LogP contribution in [-0.2, 0) is 12.8 Å². The van der Waals surface area contributed by atoms with Gasteiger partial charge in [0.25, 0.3) is 0 Å². The third kappa shape index (κ3) is 1.47. The summed E-state index contributed by atoms with van der Waals surface area (Å²) in [4.78, 5) is 4.69. The molecule has 0 radical (unpaired) electrons. The van der Waals surface area contributed by atoms with Gasteiger partial charge in [-0.2, -0.15) is 0 Å². The van der Waals surface area contributed by atoms with E-state index in [1.54, 1.807) is 7.11 Å². The van der Waals surface area contributed by atoms with E-state index >= 15 is 0 Å². The number of pyridine rings is 1. The van der Waals surface area contributed by atoms with Gasteiger partial charge in [-0.25, -0.2) is 0 Å². The average Bonchev–Trinajstić information content (AvgIpc) is 2.35. The molecule has 1 aromatic heterocycles. The van der Waals surface area contributed by atoms with Crippen LogP contribution in [-0.4, -0.2) is 12.1 Å². The lowest BCUT2D eigenvalue weighted by Gasteiger charge is -2.11. The van der Waals surface area contributed by atoms with Gasteiger partial charge in [-0.1, -0.05) is 12.2 Å². The van der Waals surface area contributed by atoms with E-state index in [9.17, 15) is 0 Å². The Hall–Kier alpha value is -1.83. The van der Waals surface area contributed by atoms with E-state index in [4.69, 9.17) is 9.72 Å². The maximum absolute atomic E-state index is 5.21. The first-order valence-electron chi connectivity index (χ1n) is 5.48.